The second-order valence-electron chi connectivity index (χ2n) is 4.54. The Morgan fingerprint density at radius 3 is 1.89 bits per heavy atom. The summed E-state index contributed by atoms with van der Waals surface area (Å²) in [5, 5.41) is 9.30. The zero-order chi connectivity index (χ0) is 13.8. The van der Waals surface area contributed by atoms with Crippen LogP contribution in [-0.2, 0) is 4.74 Å². The van der Waals surface area contributed by atoms with Gasteiger partial charge >= 0.3 is 0 Å². The zero-order valence-corrected chi connectivity index (χ0v) is 11.5. The van der Waals surface area contributed by atoms with Crippen molar-refractivity contribution in [3.8, 4) is 5.75 Å². The molecule has 2 rings (SSSR count). The summed E-state index contributed by atoms with van der Waals surface area (Å²) in [6.45, 7) is 2.03. The Bertz CT molecular complexity index is 519. The normalized spacial score (nSPS) is 12.2. The number of rotatable bonds is 4. The first-order valence-electron chi connectivity index (χ1n) is 6.27. The Kier molecular flexibility index (Phi) is 4.07. The molecular formula is C16H19NO2. The van der Waals surface area contributed by atoms with E-state index < -0.39 is 0 Å². The van der Waals surface area contributed by atoms with Crippen molar-refractivity contribution in [2.24, 2.45) is 0 Å². The van der Waals surface area contributed by atoms with Gasteiger partial charge in [-0.25, -0.2) is 0 Å². The Hall–Kier alpha value is -2.00. The van der Waals surface area contributed by atoms with E-state index >= 15 is 0 Å². The highest BCUT2D eigenvalue weighted by Crippen LogP contribution is 2.26. The van der Waals surface area contributed by atoms with Crippen molar-refractivity contribution < 1.29 is 9.84 Å². The Labute approximate surface area is 114 Å². The number of benzene rings is 2. The molecule has 3 heteroatoms. The average Bonchev–Trinajstić information content (AvgIpc) is 2.46. The predicted octanol–water partition coefficient (Wildman–Crippen LogP) is 3.87. The van der Waals surface area contributed by atoms with Crippen molar-refractivity contribution >= 4 is 11.4 Å². The topological polar surface area (TPSA) is 32.7 Å². The van der Waals surface area contributed by atoms with Crippen LogP contribution in [0.4, 0.5) is 11.4 Å². The molecule has 0 fully saturated rings. The summed E-state index contributed by atoms with van der Waals surface area (Å²) >= 11 is 0. The molecule has 0 bridgehead atoms. The monoisotopic (exact) mass is 257 g/mol. The maximum atomic E-state index is 9.30. The van der Waals surface area contributed by atoms with E-state index in [1.54, 1.807) is 19.2 Å². The highest BCUT2D eigenvalue weighted by molar-refractivity contribution is 5.63. The summed E-state index contributed by atoms with van der Waals surface area (Å²) in [4.78, 5) is 2.07. The lowest BCUT2D eigenvalue weighted by atomic mass is 10.1. The molecule has 1 unspecified atom stereocenters. The van der Waals surface area contributed by atoms with Crippen molar-refractivity contribution in [2.45, 2.75) is 13.0 Å². The average molecular weight is 257 g/mol. The highest BCUT2D eigenvalue weighted by atomic mass is 16.5. The van der Waals surface area contributed by atoms with Crippen LogP contribution in [0.2, 0.25) is 0 Å². The third-order valence-electron chi connectivity index (χ3n) is 3.34. The highest BCUT2D eigenvalue weighted by Gasteiger charge is 2.06. The van der Waals surface area contributed by atoms with Gasteiger partial charge in [0.15, 0.2) is 0 Å². The van der Waals surface area contributed by atoms with Crippen LogP contribution < -0.4 is 4.90 Å². The van der Waals surface area contributed by atoms with Gasteiger partial charge in [0.1, 0.15) is 5.75 Å². The molecule has 3 nitrogen and oxygen atoms in total. The van der Waals surface area contributed by atoms with Crippen LogP contribution in [-0.4, -0.2) is 19.3 Å². The lowest BCUT2D eigenvalue weighted by molar-refractivity contribution is 0.119. The zero-order valence-electron chi connectivity index (χ0n) is 11.5. The summed E-state index contributed by atoms with van der Waals surface area (Å²) in [7, 11) is 3.71. The molecule has 19 heavy (non-hydrogen) atoms. The minimum atomic E-state index is 0.105. The number of anilines is 2. The van der Waals surface area contributed by atoms with Gasteiger partial charge in [0.2, 0.25) is 0 Å². The summed E-state index contributed by atoms with van der Waals surface area (Å²) in [6, 6.07) is 15.4. The minimum absolute atomic E-state index is 0.105. The van der Waals surface area contributed by atoms with Crippen molar-refractivity contribution in [1.82, 2.24) is 0 Å². The molecular weight excluding hydrogens is 238 g/mol. The minimum Gasteiger partial charge on any atom is -0.508 e. The lowest BCUT2D eigenvalue weighted by Gasteiger charge is -2.20. The number of hydrogen-bond donors (Lipinski definition) is 1. The Morgan fingerprint density at radius 2 is 1.42 bits per heavy atom. The number of ether oxygens (including phenoxy) is 1. The first-order chi connectivity index (χ1) is 9.11. The molecule has 0 spiro atoms. The molecule has 0 radical (unpaired) electrons. The van der Waals surface area contributed by atoms with Gasteiger partial charge in [0.05, 0.1) is 6.10 Å². The first kappa shape index (κ1) is 13.4. The third-order valence-corrected chi connectivity index (χ3v) is 3.34. The second kappa shape index (κ2) is 5.76. The quantitative estimate of drug-likeness (QED) is 0.902. The summed E-state index contributed by atoms with van der Waals surface area (Å²) in [5.41, 5.74) is 3.29. The molecule has 0 heterocycles. The van der Waals surface area contributed by atoms with Crippen LogP contribution in [0.3, 0.4) is 0 Å². The van der Waals surface area contributed by atoms with Crippen LogP contribution >= 0.6 is 0 Å². The molecule has 0 amide bonds. The van der Waals surface area contributed by atoms with E-state index in [1.165, 1.54) is 0 Å². The molecule has 0 aliphatic heterocycles. The fraction of sp³-hybridized carbons (Fsp3) is 0.250. The molecule has 0 aromatic heterocycles. The molecule has 2 aromatic rings. The van der Waals surface area contributed by atoms with Crippen molar-refractivity contribution in [2.75, 3.05) is 19.1 Å². The molecule has 2 aromatic carbocycles. The molecule has 0 saturated carbocycles. The van der Waals surface area contributed by atoms with Crippen LogP contribution in [0.15, 0.2) is 48.5 Å². The van der Waals surface area contributed by atoms with E-state index in [0.29, 0.717) is 0 Å². The molecule has 0 aliphatic rings. The summed E-state index contributed by atoms with van der Waals surface area (Å²) < 4.78 is 5.29. The van der Waals surface area contributed by atoms with Gasteiger partial charge in [-0.2, -0.15) is 0 Å². The molecule has 0 saturated heterocycles. The first-order valence-corrected chi connectivity index (χ1v) is 6.27. The van der Waals surface area contributed by atoms with Gasteiger partial charge in [-0.15, -0.1) is 0 Å². The van der Waals surface area contributed by atoms with Crippen LogP contribution in [0.25, 0.3) is 0 Å². The van der Waals surface area contributed by atoms with Crippen LogP contribution in [0, 0.1) is 0 Å². The molecule has 1 atom stereocenters. The Morgan fingerprint density at radius 1 is 0.947 bits per heavy atom. The number of aromatic hydroxyl groups is 1. The fourth-order valence-electron chi connectivity index (χ4n) is 1.93. The van der Waals surface area contributed by atoms with Gasteiger partial charge in [-0.05, 0) is 48.9 Å². The van der Waals surface area contributed by atoms with Gasteiger partial charge in [-0.1, -0.05) is 12.1 Å². The Balaban J connectivity index is 2.19. The second-order valence-corrected chi connectivity index (χ2v) is 4.54. The molecule has 0 aliphatic carbocycles. The van der Waals surface area contributed by atoms with Crippen molar-refractivity contribution in [3.05, 3.63) is 54.1 Å². The van der Waals surface area contributed by atoms with E-state index in [-0.39, 0.29) is 11.9 Å². The number of hydrogen-bond acceptors (Lipinski definition) is 3. The largest absolute Gasteiger partial charge is 0.508 e. The predicted molar refractivity (Wildman–Crippen MR) is 78.0 cm³/mol. The number of phenolic OH excluding ortho intramolecular Hbond substituents is 1. The number of methoxy groups -OCH3 is 1. The van der Waals surface area contributed by atoms with Gasteiger partial charge in [0.25, 0.3) is 0 Å². The number of nitrogens with zero attached hydrogens (tertiary/aromatic N) is 1. The fourth-order valence-corrected chi connectivity index (χ4v) is 1.93. The van der Waals surface area contributed by atoms with Gasteiger partial charge in [0, 0.05) is 25.5 Å². The van der Waals surface area contributed by atoms with Crippen molar-refractivity contribution in [1.29, 1.82) is 0 Å². The SMILES string of the molecule is COC(C)c1ccc(N(C)c2ccc(O)cc2)cc1. The summed E-state index contributed by atoms with van der Waals surface area (Å²) in [6.07, 6.45) is 0.105. The maximum Gasteiger partial charge on any atom is 0.115 e. The number of phenols is 1. The van der Waals surface area contributed by atoms with E-state index in [0.717, 1.165) is 16.9 Å². The smallest absolute Gasteiger partial charge is 0.115 e. The van der Waals surface area contributed by atoms with E-state index in [1.807, 2.05) is 26.1 Å². The van der Waals surface area contributed by atoms with Crippen LogP contribution in [0.5, 0.6) is 5.75 Å². The molecule has 1 N–H and O–H groups in total. The van der Waals surface area contributed by atoms with E-state index in [9.17, 15) is 5.11 Å². The third kappa shape index (κ3) is 3.06. The summed E-state index contributed by atoms with van der Waals surface area (Å²) in [5.74, 6) is 0.279. The van der Waals surface area contributed by atoms with E-state index in [4.69, 9.17) is 4.74 Å². The molecule has 100 valence electrons. The lowest BCUT2D eigenvalue weighted by Crippen LogP contribution is -2.09. The van der Waals surface area contributed by atoms with Crippen molar-refractivity contribution in [3.63, 3.8) is 0 Å². The van der Waals surface area contributed by atoms with Crippen LogP contribution in [0.1, 0.15) is 18.6 Å². The van der Waals surface area contributed by atoms with Gasteiger partial charge < -0.3 is 14.7 Å². The standard InChI is InChI=1S/C16H19NO2/c1-12(19-3)13-4-6-14(7-5-13)17(2)15-8-10-16(18)11-9-15/h4-12,18H,1-3H3. The van der Waals surface area contributed by atoms with Gasteiger partial charge in [-0.3, -0.25) is 0 Å². The van der Waals surface area contributed by atoms with E-state index in [2.05, 4.69) is 29.2 Å². The maximum absolute atomic E-state index is 9.30.